The minimum atomic E-state index is -0.279. The van der Waals surface area contributed by atoms with E-state index in [2.05, 4.69) is 15.4 Å². The number of amides is 1. The van der Waals surface area contributed by atoms with Crippen molar-refractivity contribution in [3.63, 3.8) is 0 Å². The van der Waals surface area contributed by atoms with Crippen LogP contribution in [-0.2, 0) is 6.54 Å². The van der Waals surface area contributed by atoms with Crippen molar-refractivity contribution in [1.82, 2.24) is 14.8 Å². The largest absolute Gasteiger partial charge is 0.481 e. The molecule has 0 fully saturated rings. The number of benzene rings is 2. The van der Waals surface area contributed by atoms with Gasteiger partial charge >= 0.3 is 0 Å². The van der Waals surface area contributed by atoms with E-state index in [4.69, 9.17) is 4.74 Å². The van der Waals surface area contributed by atoms with Gasteiger partial charge in [-0.25, -0.2) is 9.37 Å². The van der Waals surface area contributed by atoms with Crippen LogP contribution >= 0.6 is 0 Å². The summed E-state index contributed by atoms with van der Waals surface area (Å²) in [6, 6.07) is 15.3. The summed E-state index contributed by atoms with van der Waals surface area (Å²) in [6.45, 7) is 2.30. The van der Waals surface area contributed by atoms with Gasteiger partial charge in [0, 0.05) is 17.6 Å². The van der Waals surface area contributed by atoms with Crippen LogP contribution < -0.4 is 10.1 Å². The second-order valence-electron chi connectivity index (χ2n) is 6.64. The second kappa shape index (κ2) is 7.71. The number of methoxy groups -OCH3 is 1. The maximum absolute atomic E-state index is 13.1. The molecule has 6 nitrogen and oxygen atoms in total. The van der Waals surface area contributed by atoms with Crippen LogP contribution in [0.4, 0.5) is 10.1 Å². The smallest absolute Gasteiger partial charge is 0.256 e. The number of halogens is 1. The Morgan fingerprint density at radius 1 is 1.17 bits per heavy atom. The molecule has 0 saturated carbocycles. The molecular formula is C22H19FN4O2. The summed E-state index contributed by atoms with van der Waals surface area (Å²) in [7, 11) is 1.52. The van der Waals surface area contributed by atoms with Gasteiger partial charge in [-0.15, -0.1) is 0 Å². The van der Waals surface area contributed by atoms with Crippen molar-refractivity contribution in [2.45, 2.75) is 13.5 Å². The highest BCUT2D eigenvalue weighted by Crippen LogP contribution is 2.24. The molecule has 4 rings (SSSR count). The molecule has 0 radical (unpaired) electrons. The normalized spacial score (nSPS) is 10.9. The first-order valence-electron chi connectivity index (χ1n) is 9.07. The Morgan fingerprint density at radius 3 is 2.69 bits per heavy atom. The van der Waals surface area contributed by atoms with Gasteiger partial charge in [0.15, 0.2) is 0 Å². The summed E-state index contributed by atoms with van der Waals surface area (Å²) >= 11 is 0. The second-order valence-corrected chi connectivity index (χ2v) is 6.64. The van der Waals surface area contributed by atoms with Gasteiger partial charge < -0.3 is 10.1 Å². The zero-order valence-corrected chi connectivity index (χ0v) is 16.0. The number of carbonyl (C=O) groups excluding carboxylic acids is 1. The van der Waals surface area contributed by atoms with Crippen LogP contribution in [0.3, 0.4) is 0 Å². The summed E-state index contributed by atoms with van der Waals surface area (Å²) in [6.07, 6.45) is 1.76. The minimum Gasteiger partial charge on any atom is -0.481 e. The molecule has 29 heavy (non-hydrogen) atoms. The number of carbonyl (C=O) groups is 1. The van der Waals surface area contributed by atoms with Crippen molar-refractivity contribution in [3.8, 4) is 5.88 Å². The van der Waals surface area contributed by atoms with Gasteiger partial charge in [0.25, 0.3) is 5.91 Å². The van der Waals surface area contributed by atoms with Crippen molar-refractivity contribution < 1.29 is 13.9 Å². The first-order valence-corrected chi connectivity index (χ1v) is 9.07. The van der Waals surface area contributed by atoms with Crippen LogP contribution in [0.5, 0.6) is 5.88 Å². The van der Waals surface area contributed by atoms with E-state index in [0.717, 1.165) is 10.9 Å². The van der Waals surface area contributed by atoms with Crippen LogP contribution in [-0.4, -0.2) is 27.8 Å². The molecule has 2 aromatic heterocycles. The summed E-state index contributed by atoms with van der Waals surface area (Å²) < 4.78 is 20.0. The summed E-state index contributed by atoms with van der Waals surface area (Å²) in [5.41, 5.74) is 3.36. The van der Waals surface area contributed by atoms with Crippen molar-refractivity contribution in [3.05, 3.63) is 83.4 Å². The molecule has 0 unspecified atom stereocenters. The number of nitrogens with zero attached hydrogens (tertiary/aromatic N) is 3. The van der Waals surface area contributed by atoms with E-state index in [-0.39, 0.29) is 11.7 Å². The summed E-state index contributed by atoms with van der Waals surface area (Å²) in [4.78, 5) is 17.4. The number of hydrogen-bond donors (Lipinski definition) is 1. The highest BCUT2D eigenvalue weighted by molar-refractivity contribution is 6.12. The van der Waals surface area contributed by atoms with Gasteiger partial charge in [0.05, 0.1) is 36.1 Å². The predicted octanol–water partition coefficient (Wildman–Crippen LogP) is 4.19. The molecule has 0 spiro atoms. The molecule has 0 atom stereocenters. The summed E-state index contributed by atoms with van der Waals surface area (Å²) in [5, 5.41) is 8.10. The molecule has 146 valence electrons. The average Bonchev–Trinajstić information content (AvgIpc) is 3.07. The molecule has 0 saturated heterocycles. The Bertz CT molecular complexity index is 1190. The van der Waals surface area contributed by atoms with E-state index < -0.39 is 0 Å². The average molecular weight is 390 g/mol. The molecule has 0 bridgehead atoms. The van der Waals surface area contributed by atoms with E-state index in [1.165, 1.54) is 19.2 Å². The van der Waals surface area contributed by atoms with Crippen LogP contribution in [0.25, 0.3) is 10.9 Å². The molecule has 2 heterocycles. The topological polar surface area (TPSA) is 69.0 Å². The quantitative estimate of drug-likeness (QED) is 0.555. The van der Waals surface area contributed by atoms with Crippen molar-refractivity contribution in [2.24, 2.45) is 0 Å². The Morgan fingerprint density at radius 2 is 1.93 bits per heavy atom. The molecule has 2 aromatic carbocycles. The van der Waals surface area contributed by atoms with Crippen molar-refractivity contribution in [1.29, 1.82) is 0 Å². The Balaban J connectivity index is 1.60. The standard InChI is InChI=1S/C22H19FN4O2/c1-14-20(13-27(26-14)12-15-7-9-16(23)10-8-15)25-22(28)18-11-21(29-2)24-19-6-4-3-5-17(18)19/h3-11,13H,12H2,1-2H3,(H,25,28). The first kappa shape index (κ1) is 18.6. The number of aryl methyl sites for hydroxylation is 1. The molecule has 1 N–H and O–H groups in total. The minimum absolute atomic E-state index is 0.272. The fraction of sp³-hybridized carbons (Fsp3) is 0.136. The first-order chi connectivity index (χ1) is 14.0. The molecule has 4 aromatic rings. The van der Waals surface area contributed by atoms with Gasteiger partial charge in [-0.3, -0.25) is 9.48 Å². The number of hydrogen-bond acceptors (Lipinski definition) is 4. The number of aromatic nitrogens is 3. The van der Waals surface area contributed by atoms with Crippen molar-refractivity contribution in [2.75, 3.05) is 12.4 Å². The van der Waals surface area contributed by atoms with Crippen LogP contribution in [0.2, 0.25) is 0 Å². The lowest BCUT2D eigenvalue weighted by atomic mass is 10.1. The summed E-state index contributed by atoms with van der Waals surface area (Å²) in [5.74, 6) is -0.178. The van der Waals surface area contributed by atoms with Crippen molar-refractivity contribution >= 4 is 22.5 Å². The molecule has 0 aliphatic carbocycles. The molecule has 1 amide bonds. The maximum Gasteiger partial charge on any atom is 0.256 e. The third-order valence-corrected chi connectivity index (χ3v) is 4.60. The number of pyridine rings is 1. The number of para-hydroxylation sites is 1. The van der Waals surface area contributed by atoms with Gasteiger partial charge in [-0.1, -0.05) is 30.3 Å². The van der Waals surface area contributed by atoms with E-state index in [1.54, 1.807) is 29.1 Å². The molecule has 0 aliphatic heterocycles. The Labute approximate surface area is 167 Å². The zero-order chi connectivity index (χ0) is 20.4. The molecule has 7 heteroatoms. The lowest BCUT2D eigenvalue weighted by Crippen LogP contribution is -2.13. The van der Waals surface area contributed by atoms with Gasteiger partial charge in [0.1, 0.15) is 5.82 Å². The SMILES string of the molecule is COc1cc(C(=O)Nc2cn(Cc3ccc(F)cc3)nc2C)c2ccccc2n1. The lowest BCUT2D eigenvalue weighted by molar-refractivity contribution is 0.102. The van der Waals surface area contributed by atoms with Gasteiger partial charge in [-0.2, -0.15) is 5.10 Å². The Kier molecular flexibility index (Phi) is 4.95. The maximum atomic E-state index is 13.1. The lowest BCUT2D eigenvalue weighted by Gasteiger charge is -2.09. The highest BCUT2D eigenvalue weighted by atomic mass is 19.1. The number of nitrogens with one attached hydrogen (secondary N) is 1. The van der Waals surface area contributed by atoms with Crippen LogP contribution in [0.1, 0.15) is 21.6 Å². The third kappa shape index (κ3) is 3.94. The zero-order valence-electron chi connectivity index (χ0n) is 16.0. The monoisotopic (exact) mass is 390 g/mol. The number of anilines is 1. The molecule has 0 aliphatic rings. The highest BCUT2D eigenvalue weighted by Gasteiger charge is 2.16. The number of fused-ring (bicyclic) bond motifs is 1. The Hall–Kier alpha value is -3.74. The van der Waals surface area contributed by atoms with Crippen LogP contribution in [0.15, 0.2) is 60.8 Å². The third-order valence-electron chi connectivity index (χ3n) is 4.60. The van der Waals surface area contributed by atoms with E-state index >= 15 is 0 Å². The van der Waals surface area contributed by atoms with Gasteiger partial charge in [0.2, 0.25) is 5.88 Å². The molecular weight excluding hydrogens is 371 g/mol. The van der Waals surface area contributed by atoms with E-state index in [0.29, 0.717) is 34.9 Å². The fourth-order valence-electron chi connectivity index (χ4n) is 3.13. The number of ether oxygens (including phenoxy) is 1. The van der Waals surface area contributed by atoms with Gasteiger partial charge in [-0.05, 0) is 30.7 Å². The van der Waals surface area contributed by atoms with Crippen LogP contribution in [0, 0.1) is 12.7 Å². The van der Waals surface area contributed by atoms with E-state index in [9.17, 15) is 9.18 Å². The van der Waals surface area contributed by atoms with E-state index in [1.807, 2.05) is 31.2 Å². The number of rotatable bonds is 5. The fourth-order valence-corrected chi connectivity index (χ4v) is 3.13. The predicted molar refractivity (Wildman–Crippen MR) is 109 cm³/mol.